The summed E-state index contributed by atoms with van der Waals surface area (Å²) in [4.78, 5) is 4.41. The van der Waals surface area contributed by atoms with Crippen molar-refractivity contribution in [1.82, 2.24) is 9.71 Å². The van der Waals surface area contributed by atoms with E-state index in [9.17, 15) is 8.42 Å². The van der Waals surface area contributed by atoms with Crippen molar-refractivity contribution >= 4 is 20.9 Å². The lowest BCUT2D eigenvalue weighted by molar-refractivity contribution is 0.171. The number of para-hydroxylation sites is 1. The molecule has 4 rings (SSSR count). The maximum absolute atomic E-state index is 12.4. The summed E-state index contributed by atoms with van der Waals surface area (Å²) in [6.45, 7) is 0.931. The second-order valence-electron chi connectivity index (χ2n) is 6.10. The minimum absolute atomic E-state index is 0.0338. The van der Waals surface area contributed by atoms with Gasteiger partial charge in [-0.1, -0.05) is 30.0 Å². The van der Waals surface area contributed by atoms with Crippen LogP contribution in [0.5, 0.6) is 17.2 Å². The van der Waals surface area contributed by atoms with Crippen LogP contribution in [0, 0.1) is 11.8 Å². The van der Waals surface area contributed by atoms with Gasteiger partial charge >= 0.3 is 0 Å². The molecule has 0 aliphatic carbocycles. The van der Waals surface area contributed by atoms with E-state index in [1.54, 1.807) is 12.3 Å². The summed E-state index contributed by atoms with van der Waals surface area (Å²) in [6.07, 6.45) is 1.70. The maximum atomic E-state index is 12.4. The maximum Gasteiger partial charge on any atom is 0.241 e. The second-order valence-corrected chi connectivity index (χ2v) is 7.87. The Morgan fingerprint density at radius 1 is 1.03 bits per heavy atom. The fraction of sp³-hybridized carbons (Fsp3) is 0.190. The fourth-order valence-corrected chi connectivity index (χ4v) is 3.76. The minimum atomic E-state index is -3.70. The minimum Gasteiger partial charge on any atom is -0.486 e. The van der Waals surface area contributed by atoms with Crippen LogP contribution in [0.4, 0.5) is 0 Å². The summed E-state index contributed by atoms with van der Waals surface area (Å²) in [5, 5.41) is 0.977. The first kappa shape index (κ1) is 19.1. The smallest absolute Gasteiger partial charge is 0.241 e. The molecule has 0 fully saturated rings. The number of sulfonamides is 1. The van der Waals surface area contributed by atoms with Crippen LogP contribution >= 0.6 is 0 Å². The molecule has 0 unspecified atom stereocenters. The van der Waals surface area contributed by atoms with E-state index in [1.165, 1.54) is 12.1 Å². The van der Waals surface area contributed by atoms with Crippen molar-refractivity contribution < 1.29 is 22.6 Å². The van der Waals surface area contributed by atoms with E-state index in [0.717, 1.165) is 10.9 Å². The van der Waals surface area contributed by atoms with E-state index < -0.39 is 10.0 Å². The van der Waals surface area contributed by atoms with Crippen LogP contribution in [-0.2, 0) is 10.0 Å². The predicted molar refractivity (Wildman–Crippen MR) is 108 cm³/mol. The van der Waals surface area contributed by atoms with E-state index in [4.69, 9.17) is 14.2 Å². The number of ether oxygens (including phenoxy) is 3. The van der Waals surface area contributed by atoms with Gasteiger partial charge in [-0.15, -0.1) is 0 Å². The Bertz CT molecular complexity index is 1190. The molecule has 0 bridgehead atoms. The number of pyridine rings is 1. The summed E-state index contributed by atoms with van der Waals surface area (Å²) in [5.41, 5.74) is 0.760. The van der Waals surface area contributed by atoms with Crippen LogP contribution in [-0.4, -0.2) is 39.8 Å². The van der Waals surface area contributed by atoms with E-state index in [2.05, 4.69) is 21.5 Å². The molecule has 0 amide bonds. The van der Waals surface area contributed by atoms with Gasteiger partial charge in [0.25, 0.3) is 0 Å². The average molecular weight is 410 g/mol. The van der Waals surface area contributed by atoms with Gasteiger partial charge in [0, 0.05) is 17.6 Å². The number of rotatable bonds is 5. The summed E-state index contributed by atoms with van der Waals surface area (Å²) in [6, 6.07) is 14.0. The largest absolute Gasteiger partial charge is 0.486 e. The van der Waals surface area contributed by atoms with Crippen molar-refractivity contribution in [3.8, 4) is 29.1 Å². The van der Waals surface area contributed by atoms with Crippen LogP contribution < -0.4 is 18.9 Å². The van der Waals surface area contributed by atoms with Crippen molar-refractivity contribution in [1.29, 1.82) is 0 Å². The molecule has 8 heteroatoms. The monoisotopic (exact) mass is 410 g/mol. The first-order valence-electron chi connectivity index (χ1n) is 8.95. The third kappa shape index (κ3) is 4.42. The highest BCUT2D eigenvalue weighted by Gasteiger charge is 2.18. The summed E-state index contributed by atoms with van der Waals surface area (Å²) < 4.78 is 43.7. The fourth-order valence-electron chi connectivity index (χ4n) is 2.83. The third-order valence-electron chi connectivity index (χ3n) is 4.20. The van der Waals surface area contributed by atoms with Crippen molar-refractivity contribution in [3.05, 3.63) is 54.7 Å². The number of hydrogen-bond acceptors (Lipinski definition) is 6. The second kappa shape index (κ2) is 8.39. The molecular weight excluding hydrogens is 392 g/mol. The number of nitrogens with one attached hydrogen (secondary N) is 1. The first-order chi connectivity index (χ1) is 14.1. The van der Waals surface area contributed by atoms with E-state index >= 15 is 0 Å². The van der Waals surface area contributed by atoms with Gasteiger partial charge in [-0.2, -0.15) is 4.72 Å². The quantitative estimate of drug-likeness (QED) is 0.650. The van der Waals surface area contributed by atoms with Crippen LogP contribution in [0.1, 0.15) is 0 Å². The lowest BCUT2D eigenvalue weighted by atomic mass is 10.2. The number of nitrogens with zero attached hydrogens (tertiary/aromatic N) is 1. The molecule has 0 atom stereocenters. The topological polar surface area (TPSA) is 86.8 Å². The molecule has 29 heavy (non-hydrogen) atoms. The first-order valence-corrected chi connectivity index (χ1v) is 10.4. The Morgan fingerprint density at radius 2 is 1.86 bits per heavy atom. The van der Waals surface area contributed by atoms with Gasteiger partial charge < -0.3 is 14.2 Å². The highest BCUT2D eigenvalue weighted by Crippen LogP contribution is 2.32. The van der Waals surface area contributed by atoms with Gasteiger partial charge in [0.05, 0.1) is 11.4 Å². The Hall–Kier alpha value is -3.28. The van der Waals surface area contributed by atoms with Gasteiger partial charge in [0.2, 0.25) is 10.0 Å². The van der Waals surface area contributed by atoms with Crippen molar-refractivity contribution in [2.24, 2.45) is 0 Å². The highest BCUT2D eigenvalue weighted by molar-refractivity contribution is 7.89. The molecule has 1 aliphatic rings. The van der Waals surface area contributed by atoms with E-state index in [-0.39, 0.29) is 18.0 Å². The van der Waals surface area contributed by atoms with Gasteiger partial charge in [-0.25, -0.2) is 8.42 Å². The Kier molecular flexibility index (Phi) is 5.51. The molecule has 1 aromatic heterocycles. The molecule has 0 saturated heterocycles. The van der Waals surface area contributed by atoms with Crippen molar-refractivity contribution in [2.45, 2.75) is 4.90 Å². The van der Waals surface area contributed by atoms with Gasteiger partial charge in [0.1, 0.15) is 31.1 Å². The van der Waals surface area contributed by atoms with Gasteiger partial charge in [-0.3, -0.25) is 4.98 Å². The van der Waals surface area contributed by atoms with E-state index in [1.807, 2.05) is 30.3 Å². The summed E-state index contributed by atoms with van der Waals surface area (Å²) in [7, 11) is -3.70. The van der Waals surface area contributed by atoms with Gasteiger partial charge in [0.15, 0.2) is 11.5 Å². The molecule has 0 radical (unpaired) electrons. The predicted octanol–water partition coefficient (Wildman–Crippen LogP) is 2.37. The lowest BCUT2D eigenvalue weighted by Crippen LogP contribution is -2.24. The third-order valence-corrected chi connectivity index (χ3v) is 5.59. The molecule has 2 heterocycles. The zero-order chi connectivity index (χ0) is 20.1. The number of aromatic nitrogens is 1. The van der Waals surface area contributed by atoms with Crippen LogP contribution in [0.25, 0.3) is 10.9 Å². The molecule has 7 nitrogen and oxygen atoms in total. The Morgan fingerprint density at radius 3 is 2.76 bits per heavy atom. The molecular formula is C21H18N2O5S. The lowest BCUT2D eigenvalue weighted by Gasteiger charge is -2.18. The van der Waals surface area contributed by atoms with Gasteiger partial charge in [-0.05, 0) is 24.3 Å². The summed E-state index contributed by atoms with van der Waals surface area (Å²) in [5.74, 6) is 7.14. The molecule has 0 spiro atoms. The van der Waals surface area contributed by atoms with Crippen molar-refractivity contribution in [2.75, 3.05) is 26.4 Å². The zero-order valence-electron chi connectivity index (χ0n) is 15.4. The zero-order valence-corrected chi connectivity index (χ0v) is 16.2. The number of benzene rings is 2. The summed E-state index contributed by atoms with van der Waals surface area (Å²) >= 11 is 0. The standard InChI is InChI=1S/C21H18N2O5S/c24-29(25,17-8-9-18-20(15-17)28-14-13-27-18)23-11-1-2-12-26-19-7-3-5-16-6-4-10-22-21(16)19/h3-10,15,23H,11-14H2. The SMILES string of the molecule is O=S(=O)(NCC#CCOc1cccc2cccnc12)c1ccc2c(c1)OCCO2. The molecule has 1 aliphatic heterocycles. The molecule has 1 N–H and O–H groups in total. The molecule has 148 valence electrons. The van der Waals surface area contributed by atoms with Crippen LogP contribution in [0.15, 0.2) is 59.6 Å². The highest BCUT2D eigenvalue weighted by atomic mass is 32.2. The van der Waals surface area contributed by atoms with Crippen LogP contribution in [0.3, 0.4) is 0 Å². The molecule has 3 aromatic rings. The normalized spacial score (nSPS) is 12.8. The average Bonchev–Trinajstić information content (AvgIpc) is 2.76. The Labute approximate surface area is 168 Å². The number of hydrogen-bond donors (Lipinski definition) is 1. The Balaban J connectivity index is 1.34. The van der Waals surface area contributed by atoms with Crippen LogP contribution in [0.2, 0.25) is 0 Å². The van der Waals surface area contributed by atoms with Crippen molar-refractivity contribution in [3.63, 3.8) is 0 Å². The molecule has 0 saturated carbocycles. The van der Waals surface area contributed by atoms with E-state index in [0.29, 0.717) is 30.5 Å². The molecule has 2 aromatic carbocycles. The number of fused-ring (bicyclic) bond motifs is 2.